The second-order valence-corrected chi connectivity index (χ2v) is 5.76. The van der Waals surface area contributed by atoms with Gasteiger partial charge in [-0.1, -0.05) is 20.3 Å². The van der Waals surface area contributed by atoms with Crippen LogP contribution in [0.15, 0.2) is 12.3 Å². The Hall–Kier alpha value is -1.36. The molecule has 118 valence electrons. The number of ether oxygens (including phenoxy) is 1. The molecule has 1 saturated heterocycles. The van der Waals surface area contributed by atoms with E-state index in [0.29, 0.717) is 6.04 Å². The minimum Gasteiger partial charge on any atom is -0.468 e. The first-order valence-corrected chi connectivity index (χ1v) is 8.05. The minimum absolute atomic E-state index is 0.109. The number of carbonyl (C=O) groups is 1. The van der Waals surface area contributed by atoms with Crippen LogP contribution in [0.3, 0.4) is 0 Å². The van der Waals surface area contributed by atoms with Crippen molar-refractivity contribution in [2.24, 2.45) is 0 Å². The number of esters is 1. The van der Waals surface area contributed by atoms with E-state index in [1.807, 2.05) is 0 Å². The van der Waals surface area contributed by atoms with Crippen molar-refractivity contribution in [2.45, 2.75) is 64.6 Å². The minimum atomic E-state index is -0.117. The lowest BCUT2D eigenvalue weighted by atomic mass is 10.0. The Morgan fingerprint density at radius 2 is 2.19 bits per heavy atom. The topological polar surface area (TPSA) is 47.4 Å². The second-order valence-electron chi connectivity index (χ2n) is 5.76. The lowest BCUT2D eigenvalue weighted by molar-refractivity contribution is -0.148. The molecule has 2 rings (SSSR count). The highest BCUT2D eigenvalue weighted by atomic mass is 16.5. The number of likely N-dealkylation sites (tertiary alicyclic amines) is 1. The summed E-state index contributed by atoms with van der Waals surface area (Å²) in [5.41, 5.74) is 1.04. The SMILES string of the molecule is CCC(CC)n1ccc(CN2CCCCC2C(=O)OC)n1. The molecule has 1 fully saturated rings. The predicted octanol–water partition coefficient (Wildman–Crippen LogP) is 2.77. The maximum absolute atomic E-state index is 11.9. The van der Waals surface area contributed by atoms with E-state index in [9.17, 15) is 4.79 Å². The number of carbonyl (C=O) groups excluding carboxylic acids is 1. The number of aromatic nitrogens is 2. The molecule has 1 unspecified atom stereocenters. The molecule has 0 N–H and O–H groups in total. The third kappa shape index (κ3) is 3.84. The van der Waals surface area contributed by atoms with E-state index < -0.39 is 0 Å². The summed E-state index contributed by atoms with van der Waals surface area (Å²) in [4.78, 5) is 14.1. The standard InChI is InChI=1S/C16H27N3O2/c1-4-14(5-2)19-11-9-13(17-19)12-18-10-7-6-8-15(18)16(20)21-3/h9,11,14-15H,4-8,10,12H2,1-3H3. The summed E-state index contributed by atoms with van der Waals surface area (Å²) in [6.07, 6.45) is 7.36. The molecule has 1 aromatic heterocycles. The van der Waals surface area contributed by atoms with E-state index in [1.54, 1.807) is 0 Å². The van der Waals surface area contributed by atoms with Crippen molar-refractivity contribution in [2.75, 3.05) is 13.7 Å². The molecule has 0 aromatic carbocycles. The Bertz CT molecular complexity index is 454. The van der Waals surface area contributed by atoms with Crippen LogP contribution in [0, 0.1) is 0 Å². The number of methoxy groups -OCH3 is 1. The fraction of sp³-hybridized carbons (Fsp3) is 0.750. The van der Waals surface area contributed by atoms with Gasteiger partial charge in [-0.05, 0) is 38.3 Å². The van der Waals surface area contributed by atoms with Gasteiger partial charge in [-0.15, -0.1) is 0 Å². The van der Waals surface area contributed by atoms with Gasteiger partial charge in [-0.3, -0.25) is 14.4 Å². The van der Waals surface area contributed by atoms with E-state index in [2.05, 4.69) is 40.8 Å². The molecule has 5 heteroatoms. The summed E-state index contributed by atoms with van der Waals surface area (Å²) in [5.74, 6) is -0.117. The van der Waals surface area contributed by atoms with Crippen LogP contribution in [-0.4, -0.2) is 40.3 Å². The molecule has 0 radical (unpaired) electrons. The summed E-state index contributed by atoms with van der Waals surface area (Å²) < 4.78 is 6.99. The lowest BCUT2D eigenvalue weighted by Gasteiger charge is -2.33. The largest absolute Gasteiger partial charge is 0.468 e. The number of hydrogen-bond donors (Lipinski definition) is 0. The molecule has 5 nitrogen and oxygen atoms in total. The molecule has 0 aliphatic carbocycles. The summed E-state index contributed by atoms with van der Waals surface area (Å²) in [6, 6.07) is 2.43. The van der Waals surface area contributed by atoms with Crippen LogP contribution in [0.5, 0.6) is 0 Å². The highest BCUT2D eigenvalue weighted by Crippen LogP contribution is 2.21. The van der Waals surface area contributed by atoms with Gasteiger partial charge >= 0.3 is 5.97 Å². The summed E-state index contributed by atoms with van der Waals surface area (Å²) in [6.45, 7) is 6.05. The highest BCUT2D eigenvalue weighted by molar-refractivity contribution is 5.75. The van der Waals surface area contributed by atoms with E-state index >= 15 is 0 Å². The molecule has 0 saturated carbocycles. The van der Waals surface area contributed by atoms with E-state index in [0.717, 1.165) is 50.9 Å². The molecule has 0 bridgehead atoms. The zero-order chi connectivity index (χ0) is 15.2. The lowest BCUT2D eigenvalue weighted by Crippen LogP contribution is -2.44. The Morgan fingerprint density at radius 1 is 1.43 bits per heavy atom. The van der Waals surface area contributed by atoms with Gasteiger partial charge in [-0.2, -0.15) is 5.10 Å². The summed E-state index contributed by atoms with van der Waals surface area (Å²) in [5, 5.41) is 4.69. The molecule has 0 spiro atoms. The van der Waals surface area contributed by atoms with Gasteiger partial charge in [0.2, 0.25) is 0 Å². The Kier molecular flexibility index (Phi) is 5.79. The quantitative estimate of drug-likeness (QED) is 0.757. The second kappa shape index (κ2) is 7.59. The summed E-state index contributed by atoms with van der Waals surface area (Å²) >= 11 is 0. The van der Waals surface area contributed by atoms with Crippen molar-refractivity contribution in [3.63, 3.8) is 0 Å². The number of piperidine rings is 1. The molecule has 21 heavy (non-hydrogen) atoms. The molecule has 0 amide bonds. The molecular weight excluding hydrogens is 266 g/mol. The van der Waals surface area contributed by atoms with E-state index in [1.165, 1.54) is 7.11 Å². The van der Waals surface area contributed by atoms with Crippen molar-refractivity contribution >= 4 is 5.97 Å². The Morgan fingerprint density at radius 3 is 2.86 bits per heavy atom. The number of nitrogens with zero attached hydrogens (tertiary/aromatic N) is 3. The molecule has 1 aliphatic heterocycles. The van der Waals surface area contributed by atoms with Crippen LogP contribution in [0.4, 0.5) is 0 Å². The fourth-order valence-corrected chi connectivity index (χ4v) is 3.12. The smallest absolute Gasteiger partial charge is 0.323 e. The highest BCUT2D eigenvalue weighted by Gasteiger charge is 2.29. The van der Waals surface area contributed by atoms with Crippen LogP contribution < -0.4 is 0 Å². The van der Waals surface area contributed by atoms with Crippen LogP contribution >= 0.6 is 0 Å². The van der Waals surface area contributed by atoms with Crippen LogP contribution in [-0.2, 0) is 16.1 Å². The zero-order valence-corrected chi connectivity index (χ0v) is 13.4. The van der Waals surface area contributed by atoms with Crippen molar-refractivity contribution in [3.05, 3.63) is 18.0 Å². The normalized spacial score (nSPS) is 19.9. The first-order chi connectivity index (χ1) is 10.2. The molecule has 2 heterocycles. The van der Waals surface area contributed by atoms with E-state index in [4.69, 9.17) is 4.74 Å². The van der Waals surface area contributed by atoms with Gasteiger partial charge in [-0.25, -0.2) is 0 Å². The molecule has 1 atom stereocenters. The Labute approximate surface area is 127 Å². The van der Waals surface area contributed by atoms with Crippen LogP contribution in [0.1, 0.15) is 57.7 Å². The average molecular weight is 293 g/mol. The summed E-state index contributed by atoms with van der Waals surface area (Å²) in [7, 11) is 1.47. The van der Waals surface area contributed by atoms with Crippen molar-refractivity contribution < 1.29 is 9.53 Å². The first-order valence-electron chi connectivity index (χ1n) is 8.05. The third-order valence-corrected chi connectivity index (χ3v) is 4.43. The van der Waals surface area contributed by atoms with Crippen molar-refractivity contribution in [3.8, 4) is 0 Å². The first kappa shape index (κ1) is 16.0. The van der Waals surface area contributed by atoms with Crippen LogP contribution in [0.2, 0.25) is 0 Å². The van der Waals surface area contributed by atoms with Crippen molar-refractivity contribution in [1.82, 2.24) is 14.7 Å². The fourth-order valence-electron chi connectivity index (χ4n) is 3.12. The van der Waals surface area contributed by atoms with Gasteiger partial charge in [0, 0.05) is 12.7 Å². The van der Waals surface area contributed by atoms with Gasteiger partial charge in [0.15, 0.2) is 0 Å². The maximum Gasteiger partial charge on any atom is 0.323 e. The Balaban J connectivity index is 2.04. The van der Waals surface area contributed by atoms with E-state index in [-0.39, 0.29) is 12.0 Å². The van der Waals surface area contributed by atoms with Gasteiger partial charge in [0.25, 0.3) is 0 Å². The van der Waals surface area contributed by atoms with Gasteiger partial charge in [0.1, 0.15) is 6.04 Å². The average Bonchev–Trinajstić information content (AvgIpc) is 2.97. The molecule has 1 aromatic rings. The maximum atomic E-state index is 11.9. The molecule has 1 aliphatic rings. The van der Waals surface area contributed by atoms with Gasteiger partial charge < -0.3 is 4.74 Å². The monoisotopic (exact) mass is 293 g/mol. The number of rotatable bonds is 6. The van der Waals surface area contributed by atoms with Gasteiger partial charge in [0.05, 0.1) is 18.8 Å². The zero-order valence-electron chi connectivity index (χ0n) is 13.4. The van der Waals surface area contributed by atoms with Crippen LogP contribution in [0.25, 0.3) is 0 Å². The predicted molar refractivity (Wildman–Crippen MR) is 81.9 cm³/mol. The third-order valence-electron chi connectivity index (χ3n) is 4.43. The number of hydrogen-bond acceptors (Lipinski definition) is 4. The van der Waals surface area contributed by atoms with Crippen molar-refractivity contribution in [1.29, 1.82) is 0 Å². The molecular formula is C16H27N3O2.